The summed E-state index contributed by atoms with van der Waals surface area (Å²) in [4.78, 5) is 34.9. The average molecular weight is 318 g/mol. The zero-order chi connectivity index (χ0) is 16.4. The Morgan fingerprint density at radius 2 is 1.96 bits per heavy atom. The maximum Gasteiger partial charge on any atom is 0.307 e. The molecule has 0 aromatic heterocycles. The second-order valence-corrected chi connectivity index (χ2v) is 6.12. The number of nitrogens with one attached hydrogen (secondary N) is 1. The molecule has 1 aromatic carbocycles. The molecule has 1 atom stereocenters. The third-order valence-corrected chi connectivity index (χ3v) is 4.70. The van der Waals surface area contributed by atoms with Crippen molar-refractivity contribution in [2.45, 2.75) is 44.1 Å². The largest absolute Gasteiger partial charge is 0.458 e. The number of benzene rings is 1. The number of anilines is 1. The van der Waals surface area contributed by atoms with Crippen molar-refractivity contribution in [3.8, 4) is 0 Å². The van der Waals surface area contributed by atoms with Crippen LogP contribution in [0.2, 0.25) is 0 Å². The molecule has 122 valence electrons. The molecule has 0 bridgehead atoms. The lowest BCUT2D eigenvalue weighted by atomic mass is 9.75. The van der Waals surface area contributed by atoms with Gasteiger partial charge in [0.1, 0.15) is 11.3 Å². The molecule has 7 heteroatoms. The quantitative estimate of drug-likeness (QED) is 0.525. The van der Waals surface area contributed by atoms with Gasteiger partial charge in [-0.3, -0.25) is 19.7 Å². The predicted octanol–water partition coefficient (Wildman–Crippen LogP) is 2.80. The van der Waals surface area contributed by atoms with E-state index in [1.807, 2.05) is 0 Å². The SMILES string of the molecule is O=C1CC(C(=O)Nc2ccccc2[N+](=O)[O-])C2(CCCCC2)O1. The molecule has 2 aliphatic rings. The van der Waals surface area contributed by atoms with Crippen molar-refractivity contribution in [1.29, 1.82) is 0 Å². The second kappa shape index (κ2) is 5.98. The first-order valence-corrected chi connectivity index (χ1v) is 7.78. The topological polar surface area (TPSA) is 98.5 Å². The average Bonchev–Trinajstić information content (AvgIpc) is 2.84. The number of rotatable bonds is 3. The van der Waals surface area contributed by atoms with Crippen molar-refractivity contribution in [2.24, 2.45) is 5.92 Å². The number of nitro groups is 1. The Bertz CT molecular complexity index is 652. The Balaban J connectivity index is 1.82. The van der Waals surface area contributed by atoms with Gasteiger partial charge >= 0.3 is 5.97 Å². The molecule has 0 radical (unpaired) electrons. The first-order chi connectivity index (χ1) is 11.0. The molecular weight excluding hydrogens is 300 g/mol. The van der Waals surface area contributed by atoms with Crippen LogP contribution in [0.1, 0.15) is 38.5 Å². The highest BCUT2D eigenvalue weighted by molar-refractivity contribution is 5.98. The van der Waals surface area contributed by atoms with E-state index in [0.29, 0.717) is 12.8 Å². The first-order valence-electron chi connectivity index (χ1n) is 7.78. The van der Waals surface area contributed by atoms with Gasteiger partial charge in [0.15, 0.2) is 0 Å². The fourth-order valence-electron chi connectivity index (χ4n) is 3.58. The highest BCUT2D eigenvalue weighted by Gasteiger charge is 2.53. The van der Waals surface area contributed by atoms with E-state index >= 15 is 0 Å². The lowest BCUT2D eigenvalue weighted by molar-refractivity contribution is -0.383. The van der Waals surface area contributed by atoms with E-state index in [4.69, 9.17) is 4.74 Å². The predicted molar refractivity (Wildman–Crippen MR) is 81.7 cm³/mol. The molecule has 1 heterocycles. The summed E-state index contributed by atoms with van der Waals surface area (Å²) in [6, 6.07) is 5.98. The van der Waals surface area contributed by atoms with Gasteiger partial charge in [-0.05, 0) is 31.7 Å². The summed E-state index contributed by atoms with van der Waals surface area (Å²) in [5.74, 6) is -1.34. The fraction of sp³-hybridized carbons (Fsp3) is 0.500. The van der Waals surface area contributed by atoms with E-state index in [9.17, 15) is 19.7 Å². The molecular formula is C16H18N2O5. The van der Waals surface area contributed by atoms with Crippen LogP contribution >= 0.6 is 0 Å². The van der Waals surface area contributed by atoms with Crippen molar-refractivity contribution >= 4 is 23.3 Å². The van der Waals surface area contributed by atoms with Crippen molar-refractivity contribution in [3.05, 3.63) is 34.4 Å². The van der Waals surface area contributed by atoms with Crippen LogP contribution in [0.5, 0.6) is 0 Å². The van der Waals surface area contributed by atoms with Crippen LogP contribution < -0.4 is 5.32 Å². The molecule has 2 fully saturated rings. The van der Waals surface area contributed by atoms with Gasteiger partial charge in [0.2, 0.25) is 5.91 Å². The summed E-state index contributed by atoms with van der Waals surface area (Å²) in [6.45, 7) is 0. The Labute approximate surface area is 133 Å². The molecule has 1 saturated carbocycles. The highest BCUT2D eigenvalue weighted by Crippen LogP contribution is 2.44. The lowest BCUT2D eigenvalue weighted by Gasteiger charge is -2.35. The molecule has 1 N–H and O–H groups in total. The molecule has 1 aliphatic carbocycles. The van der Waals surface area contributed by atoms with Crippen LogP contribution in [0, 0.1) is 16.0 Å². The van der Waals surface area contributed by atoms with E-state index in [2.05, 4.69) is 5.32 Å². The van der Waals surface area contributed by atoms with Crippen molar-refractivity contribution in [3.63, 3.8) is 0 Å². The molecule has 1 unspecified atom stereocenters. The number of hydrogen-bond donors (Lipinski definition) is 1. The smallest absolute Gasteiger partial charge is 0.307 e. The molecule has 1 aliphatic heterocycles. The number of amides is 1. The number of carbonyl (C=O) groups is 2. The summed E-state index contributed by atoms with van der Waals surface area (Å²) >= 11 is 0. The normalized spacial score (nSPS) is 22.6. The maximum atomic E-state index is 12.6. The maximum absolute atomic E-state index is 12.6. The molecule has 3 rings (SSSR count). The van der Waals surface area contributed by atoms with Crippen molar-refractivity contribution in [2.75, 3.05) is 5.32 Å². The highest BCUT2D eigenvalue weighted by atomic mass is 16.6. The number of para-hydroxylation sites is 2. The minimum absolute atomic E-state index is 0.0342. The van der Waals surface area contributed by atoms with Crippen LogP contribution in [-0.4, -0.2) is 22.4 Å². The number of ether oxygens (including phenoxy) is 1. The Morgan fingerprint density at radius 3 is 2.65 bits per heavy atom. The van der Waals surface area contributed by atoms with Crippen molar-refractivity contribution < 1.29 is 19.2 Å². The number of hydrogen-bond acceptors (Lipinski definition) is 5. The molecule has 1 aromatic rings. The van der Waals surface area contributed by atoms with Gasteiger partial charge in [-0.25, -0.2) is 0 Å². The van der Waals surface area contributed by atoms with E-state index in [1.54, 1.807) is 12.1 Å². The molecule has 7 nitrogen and oxygen atoms in total. The number of carbonyl (C=O) groups excluding carboxylic acids is 2. The zero-order valence-electron chi connectivity index (χ0n) is 12.6. The Hall–Kier alpha value is -2.44. The van der Waals surface area contributed by atoms with Gasteiger partial charge in [0.25, 0.3) is 5.69 Å². The van der Waals surface area contributed by atoms with Crippen LogP contribution in [0.25, 0.3) is 0 Å². The van der Waals surface area contributed by atoms with E-state index < -0.39 is 16.4 Å². The lowest BCUT2D eigenvalue weighted by Crippen LogP contribution is -2.43. The third-order valence-electron chi connectivity index (χ3n) is 4.70. The Morgan fingerprint density at radius 1 is 1.26 bits per heavy atom. The van der Waals surface area contributed by atoms with E-state index in [-0.39, 0.29) is 29.7 Å². The molecule has 1 spiro atoms. The molecule has 23 heavy (non-hydrogen) atoms. The first kappa shape index (κ1) is 15.5. The number of nitrogens with zero attached hydrogens (tertiary/aromatic N) is 1. The van der Waals surface area contributed by atoms with E-state index in [1.165, 1.54) is 12.1 Å². The third kappa shape index (κ3) is 2.91. The summed E-state index contributed by atoms with van der Waals surface area (Å²) in [7, 11) is 0. The standard InChI is InChI=1S/C16H18N2O5/c19-14-10-11(16(23-14)8-4-1-5-9-16)15(20)17-12-6-2-3-7-13(12)18(21)22/h2-3,6-7,11H,1,4-5,8-10H2,(H,17,20). The Kier molecular flexibility index (Phi) is 4.02. The van der Waals surface area contributed by atoms with Crippen LogP contribution in [-0.2, 0) is 14.3 Å². The zero-order valence-corrected chi connectivity index (χ0v) is 12.6. The minimum Gasteiger partial charge on any atom is -0.458 e. The summed E-state index contributed by atoms with van der Waals surface area (Å²) < 4.78 is 5.51. The van der Waals surface area contributed by atoms with Gasteiger partial charge in [0.05, 0.1) is 17.3 Å². The van der Waals surface area contributed by atoms with Gasteiger partial charge in [-0.1, -0.05) is 18.6 Å². The summed E-state index contributed by atoms with van der Waals surface area (Å²) in [6.07, 6.45) is 4.29. The van der Waals surface area contributed by atoms with E-state index in [0.717, 1.165) is 19.3 Å². The van der Waals surface area contributed by atoms with Gasteiger partial charge in [-0.2, -0.15) is 0 Å². The van der Waals surface area contributed by atoms with Crippen LogP contribution in [0.15, 0.2) is 24.3 Å². The second-order valence-electron chi connectivity index (χ2n) is 6.12. The van der Waals surface area contributed by atoms with Gasteiger partial charge < -0.3 is 10.1 Å². The van der Waals surface area contributed by atoms with Gasteiger partial charge in [-0.15, -0.1) is 0 Å². The summed E-state index contributed by atoms with van der Waals surface area (Å²) in [5.41, 5.74) is -0.750. The van der Waals surface area contributed by atoms with Gasteiger partial charge in [0, 0.05) is 6.07 Å². The number of esters is 1. The molecule has 1 amide bonds. The van der Waals surface area contributed by atoms with Crippen LogP contribution in [0.4, 0.5) is 11.4 Å². The fourth-order valence-corrected chi connectivity index (χ4v) is 3.58. The number of nitro benzene ring substituents is 1. The minimum atomic E-state index is -0.733. The molecule has 1 saturated heterocycles. The van der Waals surface area contributed by atoms with Crippen LogP contribution in [0.3, 0.4) is 0 Å². The monoisotopic (exact) mass is 318 g/mol. The van der Waals surface area contributed by atoms with Crippen molar-refractivity contribution in [1.82, 2.24) is 0 Å². The summed E-state index contributed by atoms with van der Waals surface area (Å²) in [5, 5.41) is 13.7.